The highest BCUT2D eigenvalue weighted by molar-refractivity contribution is 5.84. The van der Waals surface area contributed by atoms with Crippen LogP contribution in [0.4, 0.5) is 0 Å². The Labute approximate surface area is 198 Å². The summed E-state index contributed by atoms with van der Waals surface area (Å²) in [7, 11) is 0. The first kappa shape index (κ1) is 25.7. The number of unbranched alkanes of at least 4 members (excludes halogenated alkanes) is 1. The van der Waals surface area contributed by atoms with Crippen molar-refractivity contribution in [2.24, 2.45) is 17.8 Å². The zero-order valence-corrected chi connectivity index (χ0v) is 19.9. The van der Waals surface area contributed by atoms with E-state index in [1.165, 1.54) is 32.1 Å². The highest BCUT2D eigenvalue weighted by Crippen LogP contribution is 2.44. The summed E-state index contributed by atoms with van der Waals surface area (Å²) in [6.07, 6.45) is 18.5. The van der Waals surface area contributed by atoms with Crippen molar-refractivity contribution in [3.8, 4) is 0 Å². The molecule has 186 valence electrons. The van der Waals surface area contributed by atoms with Crippen molar-refractivity contribution in [1.82, 2.24) is 10.6 Å². The van der Waals surface area contributed by atoms with Crippen LogP contribution in [0.2, 0.25) is 0 Å². The van der Waals surface area contributed by atoms with E-state index in [0.717, 1.165) is 44.4 Å². The summed E-state index contributed by atoms with van der Waals surface area (Å²) in [5.41, 5.74) is 0. The molecule has 1 saturated carbocycles. The van der Waals surface area contributed by atoms with Crippen LogP contribution in [0.1, 0.15) is 89.9 Å². The van der Waals surface area contributed by atoms with Gasteiger partial charge in [-0.3, -0.25) is 14.4 Å². The molecule has 0 unspecified atom stereocenters. The second kappa shape index (κ2) is 13.7. The molecule has 3 N–H and O–H groups in total. The minimum absolute atomic E-state index is 0.0323. The lowest BCUT2D eigenvalue weighted by Gasteiger charge is -2.27. The predicted molar refractivity (Wildman–Crippen MR) is 127 cm³/mol. The molecule has 1 aliphatic carbocycles. The standard InChI is InChI=1S/C26H42N2O5/c29-24(13-8-11-19-9-4-3-5-10-19)28-18-25(30)27-17-21-20(22-15-16-23(21)33-22)12-6-1-2-7-14-26(31)32/h1,6,19-23H,2-5,7-18H2,(H,27,30)(H,28,29)(H,31,32)/b6-1-/t20-,21-,22-,23-/m0/s1. The van der Waals surface area contributed by atoms with Crippen molar-refractivity contribution < 1.29 is 24.2 Å². The van der Waals surface area contributed by atoms with Gasteiger partial charge >= 0.3 is 5.97 Å². The topological polar surface area (TPSA) is 105 Å². The summed E-state index contributed by atoms with van der Waals surface area (Å²) < 4.78 is 6.10. The monoisotopic (exact) mass is 462 g/mol. The van der Waals surface area contributed by atoms with E-state index in [4.69, 9.17) is 9.84 Å². The molecule has 2 amide bonds. The summed E-state index contributed by atoms with van der Waals surface area (Å²) in [5, 5.41) is 14.5. The fraction of sp³-hybridized carbons (Fsp3) is 0.808. The molecule has 0 radical (unpaired) electrons. The number of amides is 2. The maximum atomic E-state index is 12.3. The predicted octanol–water partition coefficient (Wildman–Crippen LogP) is 3.96. The van der Waals surface area contributed by atoms with Gasteiger partial charge in [-0.1, -0.05) is 44.3 Å². The molecule has 0 aromatic rings. The molecular weight excluding hydrogens is 420 g/mol. The third-order valence-electron chi connectivity index (χ3n) is 7.65. The molecule has 2 saturated heterocycles. The number of carboxylic acid groups (broad SMARTS) is 1. The number of allylic oxidation sites excluding steroid dienone is 2. The molecule has 2 heterocycles. The van der Waals surface area contributed by atoms with Gasteiger partial charge in [0.1, 0.15) is 0 Å². The van der Waals surface area contributed by atoms with Gasteiger partial charge in [-0.2, -0.15) is 0 Å². The lowest BCUT2D eigenvalue weighted by atomic mass is 9.77. The van der Waals surface area contributed by atoms with Crippen LogP contribution in [-0.2, 0) is 19.1 Å². The summed E-state index contributed by atoms with van der Waals surface area (Å²) in [6, 6.07) is 0. The Morgan fingerprint density at radius 1 is 0.848 bits per heavy atom. The Morgan fingerprint density at radius 2 is 1.61 bits per heavy atom. The van der Waals surface area contributed by atoms with Crippen molar-refractivity contribution in [2.45, 2.75) is 102 Å². The zero-order valence-electron chi connectivity index (χ0n) is 19.9. The Balaban J connectivity index is 1.29. The lowest BCUT2D eigenvalue weighted by Crippen LogP contribution is -2.42. The van der Waals surface area contributed by atoms with Crippen LogP contribution in [0.25, 0.3) is 0 Å². The molecule has 4 atom stereocenters. The quantitative estimate of drug-likeness (QED) is 0.268. The highest BCUT2D eigenvalue weighted by Gasteiger charge is 2.47. The number of carbonyl (C=O) groups excluding carboxylic acids is 2. The van der Waals surface area contributed by atoms with Crippen LogP contribution in [0.15, 0.2) is 12.2 Å². The molecule has 0 spiro atoms. The number of carbonyl (C=O) groups is 3. The van der Waals surface area contributed by atoms with Crippen molar-refractivity contribution in [2.75, 3.05) is 13.1 Å². The SMILES string of the molecule is O=C(O)CCC/C=C\C[C@H]1[C@H](CNC(=O)CNC(=O)CCCC2CCCCC2)[C@@H]2CC[C@@H]1O2. The van der Waals surface area contributed by atoms with Gasteiger partial charge in [-0.15, -0.1) is 0 Å². The molecule has 2 bridgehead atoms. The van der Waals surface area contributed by atoms with E-state index >= 15 is 0 Å². The van der Waals surface area contributed by atoms with Gasteiger partial charge in [-0.05, 0) is 56.8 Å². The van der Waals surface area contributed by atoms with E-state index in [0.29, 0.717) is 31.2 Å². The summed E-state index contributed by atoms with van der Waals surface area (Å²) >= 11 is 0. The maximum absolute atomic E-state index is 12.3. The number of hydrogen-bond donors (Lipinski definition) is 3. The molecular formula is C26H42N2O5. The van der Waals surface area contributed by atoms with E-state index in [9.17, 15) is 14.4 Å². The summed E-state index contributed by atoms with van der Waals surface area (Å²) in [5.74, 6) is 0.538. The van der Waals surface area contributed by atoms with Gasteiger partial charge in [0.2, 0.25) is 11.8 Å². The highest BCUT2D eigenvalue weighted by atomic mass is 16.5. The maximum Gasteiger partial charge on any atom is 0.303 e. The van der Waals surface area contributed by atoms with E-state index in [2.05, 4.69) is 22.8 Å². The van der Waals surface area contributed by atoms with Gasteiger partial charge in [0.25, 0.3) is 0 Å². The van der Waals surface area contributed by atoms with Gasteiger partial charge in [0.05, 0.1) is 18.8 Å². The molecule has 33 heavy (non-hydrogen) atoms. The first-order valence-electron chi connectivity index (χ1n) is 13.1. The Hall–Kier alpha value is -1.89. The second-order valence-electron chi connectivity index (χ2n) is 10.1. The first-order valence-corrected chi connectivity index (χ1v) is 13.1. The molecule has 7 heteroatoms. The summed E-state index contributed by atoms with van der Waals surface area (Å²) in [4.78, 5) is 35.0. The minimum Gasteiger partial charge on any atom is -0.481 e. The fourth-order valence-electron chi connectivity index (χ4n) is 5.81. The molecule has 3 fully saturated rings. The van der Waals surface area contributed by atoms with E-state index < -0.39 is 5.97 Å². The van der Waals surface area contributed by atoms with Crippen LogP contribution in [-0.4, -0.2) is 48.2 Å². The third-order valence-corrected chi connectivity index (χ3v) is 7.65. The zero-order chi connectivity index (χ0) is 23.5. The number of rotatable bonds is 14. The van der Waals surface area contributed by atoms with Gasteiger partial charge in [0, 0.05) is 25.3 Å². The molecule has 0 aromatic carbocycles. The molecule has 3 aliphatic rings. The smallest absolute Gasteiger partial charge is 0.303 e. The van der Waals surface area contributed by atoms with Crippen molar-refractivity contribution >= 4 is 17.8 Å². The van der Waals surface area contributed by atoms with Crippen LogP contribution >= 0.6 is 0 Å². The van der Waals surface area contributed by atoms with Crippen molar-refractivity contribution in [1.29, 1.82) is 0 Å². The fourth-order valence-corrected chi connectivity index (χ4v) is 5.81. The minimum atomic E-state index is -0.753. The third kappa shape index (κ3) is 8.76. The normalized spacial score (nSPS) is 27.2. The largest absolute Gasteiger partial charge is 0.481 e. The molecule has 2 aliphatic heterocycles. The lowest BCUT2D eigenvalue weighted by molar-refractivity contribution is -0.137. The van der Waals surface area contributed by atoms with Crippen LogP contribution < -0.4 is 10.6 Å². The molecule has 7 nitrogen and oxygen atoms in total. The Morgan fingerprint density at radius 3 is 2.36 bits per heavy atom. The second-order valence-corrected chi connectivity index (χ2v) is 10.1. The van der Waals surface area contributed by atoms with E-state index in [-0.39, 0.29) is 37.0 Å². The van der Waals surface area contributed by atoms with Gasteiger partial charge < -0.3 is 20.5 Å². The van der Waals surface area contributed by atoms with Crippen molar-refractivity contribution in [3.63, 3.8) is 0 Å². The summed E-state index contributed by atoms with van der Waals surface area (Å²) in [6.45, 7) is 0.618. The van der Waals surface area contributed by atoms with E-state index in [1.807, 2.05) is 0 Å². The van der Waals surface area contributed by atoms with Crippen LogP contribution in [0.3, 0.4) is 0 Å². The number of fused-ring (bicyclic) bond motifs is 2. The van der Waals surface area contributed by atoms with Gasteiger partial charge in [0.15, 0.2) is 0 Å². The van der Waals surface area contributed by atoms with E-state index in [1.54, 1.807) is 0 Å². The number of carboxylic acids is 1. The number of hydrogen-bond acceptors (Lipinski definition) is 4. The van der Waals surface area contributed by atoms with Crippen LogP contribution in [0.5, 0.6) is 0 Å². The van der Waals surface area contributed by atoms with Gasteiger partial charge in [-0.25, -0.2) is 0 Å². The number of ether oxygens (including phenoxy) is 1. The molecule has 3 rings (SSSR count). The Kier molecular flexibility index (Phi) is 10.7. The molecule has 0 aromatic heterocycles. The first-order chi connectivity index (χ1) is 16.0. The average Bonchev–Trinajstić information content (AvgIpc) is 3.41. The number of aliphatic carboxylic acids is 1. The average molecular weight is 463 g/mol. The number of nitrogens with one attached hydrogen (secondary N) is 2. The van der Waals surface area contributed by atoms with Crippen LogP contribution in [0, 0.1) is 17.8 Å². The van der Waals surface area contributed by atoms with Crippen molar-refractivity contribution in [3.05, 3.63) is 12.2 Å². The Bertz CT molecular complexity index is 674.